The lowest BCUT2D eigenvalue weighted by Crippen LogP contribution is -2.44. The van der Waals surface area contributed by atoms with Crippen LogP contribution in [0.4, 0.5) is 0 Å². The summed E-state index contributed by atoms with van der Waals surface area (Å²) < 4.78 is 28.8. The highest BCUT2D eigenvalue weighted by Gasteiger charge is 2.28. The molecule has 2 N–H and O–H groups in total. The quantitative estimate of drug-likeness (QED) is 0.414. The zero-order valence-corrected chi connectivity index (χ0v) is 14.3. The van der Waals surface area contributed by atoms with Crippen molar-refractivity contribution >= 4 is 15.8 Å². The van der Waals surface area contributed by atoms with Gasteiger partial charge in [-0.3, -0.25) is 4.99 Å². The predicted molar refractivity (Wildman–Crippen MR) is 89.0 cm³/mol. The van der Waals surface area contributed by atoms with Crippen LogP contribution >= 0.6 is 0 Å². The first kappa shape index (κ1) is 17.5. The number of ether oxygens (including phenoxy) is 1. The second kappa shape index (κ2) is 8.72. The molecule has 128 valence electrons. The highest BCUT2D eigenvalue weighted by atomic mass is 32.2. The van der Waals surface area contributed by atoms with Crippen LogP contribution in [-0.4, -0.2) is 57.7 Å². The number of aliphatic imine (C=N–C) groups is 1. The Bertz CT molecular complexity index is 459. The van der Waals surface area contributed by atoms with E-state index in [0.717, 1.165) is 19.6 Å². The Hall–Kier alpha value is -0.820. The van der Waals surface area contributed by atoms with E-state index in [1.165, 1.54) is 25.7 Å². The van der Waals surface area contributed by atoms with Gasteiger partial charge in [-0.1, -0.05) is 12.8 Å². The fraction of sp³-hybridized carbons (Fsp3) is 0.933. The van der Waals surface area contributed by atoms with E-state index in [0.29, 0.717) is 25.0 Å². The third kappa shape index (κ3) is 6.12. The summed E-state index contributed by atoms with van der Waals surface area (Å²) in [5, 5.41) is 6.40. The van der Waals surface area contributed by atoms with Crippen LogP contribution in [0.2, 0.25) is 0 Å². The number of hydrogen-bond donors (Lipinski definition) is 2. The Balaban J connectivity index is 1.67. The average Bonchev–Trinajstić information content (AvgIpc) is 3.08. The van der Waals surface area contributed by atoms with Gasteiger partial charge in [-0.25, -0.2) is 8.42 Å². The number of hydrogen-bond acceptors (Lipinski definition) is 4. The Morgan fingerprint density at radius 2 is 2.05 bits per heavy atom. The van der Waals surface area contributed by atoms with Crippen molar-refractivity contribution in [3.63, 3.8) is 0 Å². The summed E-state index contributed by atoms with van der Waals surface area (Å²) in [6.45, 7) is 4.22. The van der Waals surface area contributed by atoms with Crippen LogP contribution in [0.15, 0.2) is 4.99 Å². The Labute approximate surface area is 134 Å². The Morgan fingerprint density at radius 3 is 2.68 bits per heavy atom. The molecule has 1 saturated carbocycles. The minimum atomic E-state index is -2.86. The smallest absolute Gasteiger partial charge is 0.191 e. The molecule has 0 amide bonds. The predicted octanol–water partition coefficient (Wildman–Crippen LogP) is 1.08. The van der Waals surface area contributed by atoms with Gasteiger partial charge in [0.1, 0.15) is 0 Å². The fourth-order valence-corrected chi connectivity index (χ4v) is 4.66. The first-order valence-electron chi connectivity index (χ1n) is 8.46. The maximum absolute atomic E-state index is 11.5. The average molecular weight is 331 g/mol. The van der Waals surface area contributed by atoms with Gasteiger partial charge in [0.2, 0.25) is 0 Å². The molecule has 0 aromatic carbocycles. The molecule has 2 aliphatic rings. The van der Waals surface area contributed by atoms with Gasteiger partial charge in [0.15, 0.2) is 15.8 Å². The minimum Gasteiger partial charge on any atom is -0.378 e. The van der Waals surface area contributed by atoms with Crippen molar-refractivity contribution in [1.82, 2.24) is 10.6 Å². The van der Waals surface area contributed by atoms with Crippen molar-refractivity contribution in [3.05, 3.63) is 0 Å². The van der Waals surface area contributed by atoms with Gasteiger partial charge < -0.3 is 15.4 Å². The maximum Gasteiger partial charge on any atom is 0.191 e. The Morgan fingerprint density at radius 1 is 1.27 bits per heavy atom. The van der Waals surface area contributed by atoms with Crippen LogP contribution < -0.4 is 10.6 Å². The van der Waals surface area contributed by atoms with Gasteiger partial charge in [0, 0.05) is 25.7 Å². The molecule has 6 nitrogen and oxygen atoms in total. The highest BCUT2D eigenvalue weighted by Crippen LogP contribution is 2.20. The lowest BCUT2D eigenvalue weighted by atomic mass is 10.3. The van der Waals surface area contributed by atoms with Crippen LogP contribution in [0.5, 0.6) is 0 Å². The molecule has 0 bridgehead atoms. The summed E-state index contributed by atoms with van der Waals surface area (Å²) in [4.78, 5) is 4.51. The summed E-state index contributed by atoms with van der Waals surface area (Å²) in [6, 6.07) is -0.0162. The van der Waals surface area contributed by atoms with E-state index in [9.17, 15) is 8.42 Å². The van der Waals surface area contributed by atoms with Gasteiger partial charge in [-0.05, 0) is 32.6 Å². The third-order valence-corrected chi connectivity index (χ3v) is 5.91. The van der Waals surface area contributed by atoms with Gasteiger partial charge in [0.25, 0.3) is 0 Å². The van der Waals surface area contributed by atoms with Crippen molar-refractivity contribution in [2.75, 3.05) is 31.2 Å². The molecule has 7 heteroatoms. The molecule has 1 saturated heterocycles. The zero-order chi connectivity index (χ0) is 15.8. The lowest BCUT2D eigenvalue weighted by Gasteiger charge is -2.16. The van der Waals surface area contributed by atoms with E-state index < -0.39 is 9.84 Å². The SMILES string of the molecule is CCNC(=NCCCOC1CCCC1)NC1CCS(=O)(=O)C1. The van der Waals surface area contributed by atoms with E-state index in [-0.39, 0.29) is 17.5 Å². The first-order chi connectivity index (χ1) is 10.6. The van der Waals surface area contributed by atoms with Crippen LogP contribution in [0.25, 0.3) is 0 Å². The summed E-state index contributed by atoms with van der Waals surface area (Å²) in [7, 11) is -2.86. The van der Waals surface area contributed by atoms with E-state index in [4.69, 9.17) is 4.74 Å². The highest BCUT2D eigenvalue weighted by molar-refractivity contribution is 7.91. The van der Waals surface area contributed by atoms with Crippen LogP contribution in [0.1, 0.15) is 45.4 Å². The standard InChI is InChI=1S/C15H29N3O3S/c1-2-16-15(18-13-8-11-22(19,20)12-13)17-9-5-10-21-14-6-3-4-7-14/h13-14H,2-12H2,1H3,(H2,16,17,18). The monoisotopic (exact) mass is 331 g/mol. The lowest BCUT2D eigenvalue weighted by molar-refractivity contribution is 0.0579. The molecule has 1 unspecified atom stereocenters. The fourth-order valence-electron chi connectivity index (χ4n) is 2.98. The molecule has 0 radical (unpaired) electrons. The largest absolute Gasteiger partial charge is 0.378 e. The van der Waals surface area contributed by atoms with Crippen molar-refractivity contribution in [3.8, 4) is 0 Å². The van der Waals surface area contributed by atoms with Crippen LogP contribution in [0.3, 0.4) is 0 Å². The van der Waals surface area contributed by atoms with Gasteiger partial charge >= 0.3 is 0 Å². The van der Waals surface area contributed by atoms with Gasteiger partial charge in [-0.2, -0.15) is 0 Å². The van der Waals surface area contributed by atoms with Crippen molar-refractivity contribution in [1.29, 1.82) is 0 Å². The zero-order valence-electron chi connectivity index (χ0n) is 13.5. The molecule has 1 aliphatic carbocycles. The number of nitrogens with zero attached hydrogens (tertiary/aromatic N) is 1. The molecule has 2 rings (SSSR count). The molecule has 2 fully saturated rings. The van der Waals surface area contributed by atoms with Gasteiger partial charge in [0.05, 0.1) is 17.6 Å². The summed E-state index contributed by atoms with van der Waals surface area (Å²) >= 11 is 0. The number of sulfone groups is 1. The topological polar surface area (TPSA) is 79.8 Å². The number of nitrogens with one attached hydrogen (secondary N) is 2. The number of rotatable bonds is 7. The van der Waals surface area contributed by atoms with E-state index >= 15 is 0 Å². The summed E-state index contributed by atoms with van der Waals surface area (Å²) in [5.74, 6) is 1.20. The van der Waals surface area contributed by atoms with Gasteiger partial charge in [-0.15, -0.1) is 0 Å². The molecule has 1 heterocycles. The third-order valence-electron chi connectivity index (χ3n) is 4.15. The minimum absolute atomic E-state index is 0.0162. The summed E-state index contributed by atoms with van der Waals surface area (Å²) in [5.41, 5.74) is 0. The molecule has 1 aliphatic heterocycles. The molecule has 0 spiro atoms. The van der Waals surface area contributed by atoms with Crippen LogP contribution in [0, 0.1) is 0 Å². The second-order valence-electron chi connectivity index (χ2n) is 6.14. The molecule has 0 aromatic heterocycles. The Kier molecular flexibility index (Phi) is 6.95. The molecule has 22 heavy (non-hydrogen) atoms. The normalized spacial score (nSPS) is 25.5. The van der Waals surface area contributed by atoms with Crippen molar-refractivity contribution in [2.24, 2.45) is 4.99 Å². The molecule has 1 atom stereocenters. The van der Waals surface area contributed by atoms with Crippen molar-refractivity contribution < 1.29 is 13.2 Å². The van der Waals surface area contributed by atoms with E-state index in [1.807, 2.05) is 6.92 Å². The maximum atomic E-state index is 11.5. The van der Waals surface area contributed by atoms with E-state index in [1.54, 1.807) is 0 Å². The van der Waals surface area contributed by atoms with E-state index in [2.05, 4.69) is 15.6 Å². The molecule has 0 aromatic rings. The molecular weight excluding hydrogens is 302 g/mol. The summed E-state index contributed by atoms with van der Waals surface area (Å²) in [6.07, 6.45) is 7.00. The van der Waals surface area contributed by atoms with Crippen molar-refractivity contribution in [2.45, 2.75) is 57.6 Å². The van der Waals surface area contributed by atoms with Crippen LogP contribution in [-0.2, 0) is 14.6 Å². The molecular formula is C15H29N3O3S. The first-order valence-corrected chi connectivity index (χ1v) is 10.3. The second-order valence-corrected chi connectivity index (χ2v) is 8.36. The number of guanidine groups is 1.